The zero-order chi connectivity index (χ0) is 15.5. The minimum Gasteiger partial charge on any atom is -0.348 e. The number of piperidine rings is 1. The van der Waals surface area contributed by atoms with Crippen molar-refractivity contribution in [1.29, 1.82) is 0 Å². The van der Waals surface area contributed by atoms with Crippen LogP contribution < -0.4 is 15.5 Å². The Morgan fingerprint density at radius 1 is 1.27 bits per heavy atom. The first kappa shape index (κ1) is 15.0. The lowest BCUT2D eigenvalue weighted by Gasteiger charge is -2.30. The average molecular weight is 301 g/mol. The van der Waals surface area contributed by atoms with Crippen LogP contribution in [0.2, 0.25) is 0 Å². The topological polar surface area (TPSA) is 61.4 Å². The summed E-state index contributed by atoms with van der Waals surface area (Å²) in [6.45, 7) is 3.90. The third-order valence-electron chi connectivity index (χ3n) is 4.59. The van der Waals surface area contributed by atoms with Crippen molar-refractivity contribution in [2.24, 2.45) is 0 Å². The van der Waals surface area contributed by atoms with Crippen molar-refractivity contribution < 1.29 is 9.59 Å². The second-order valence-corrected chi connectivity index (χ2v) is 6.16. The van der Waals surface area contributed by atoms with Gasteiger partial charge in [-0.05, 0) is 57.0 Å². The molecule has 2 aliphatic heterocycles. The van der Waals surface area contributed by atoms with Crippen LogP contribution in [0, 0.1) is 0 Å². The van der Waals surface area contributed by atoms with Crippen molar-refractivity contribution in [1.82, 2.24) is 10.6 Å². The van der Waals surface area contributed by atoms with E-state index in [1.807, 2.05) is 12.1 Å². The van der Waals surface area contributed by atoms with Gasteiger partial charge in [-0.1, -0.05) is 0 Å². The average Bonchev–Trinajstić information content (AvgIpc) is 2.96. The van der Waals surface area contributed by atoms with Gasteiger partial charge in [0.2, 0.25) is 5.91 Å². The summed E-state index contributed by atoms with van der Waals surface area (Å²) >= 11 is 0. The number of rotatable bonds is 3. The monoisotopic (exact) mass is 301 g/mol. The number of benzene rings is 1. The highest BCUT2D eigenvalue weighted by Crippen LogP contribution is 2.21. The van der Waals surface area contributed by atoms with Crippen molar-refractivity contribution in [2.45, 2.75) is 44.7 Å². The Kier molecular flexibility index (Phi) is 4.43. The number of nitrogens with zero attached hydrogens (tertiary/aromatic N) is 1. The second kappa shape index (κ2) is 6.48. The van der Waals surface area contributed by atoms with E-state index in [9.17, 15) is 9.59 Å². The first-order valence-electron chi connectivity index (χ1n) is 8.10. The van der Waals surface area contributed by atoms with E-state index in [1.165, 1.54) is 0 Å². The van der Waals surface area contributed by atoms with Crippen molar-refractivity contribution in [3.63, 3.8) is 0 Å². The van der Waals surface area contributed by atoms with Crippen LogP contribution in [0.3, 0.4) is 0 Å². The fraction of sp³-hybridized carbons (Fsp3) is 0.529. The van der Waals surface area contributed by atoms with E-state index in [-0.39, 0.29) is 17.9 Å². The lowest BCUT2D eigenvalue weighted by molar-refractivity contribution is -0.117. The molecule has 2 fully saturated rings. The lowest BCUT2D eigenvalue weighted by Crippen LogP contribution is -2.51. The molecule has 0 bridgehead atoms. The number of carbonyl (C=O) groups excluding carboxylic acids is 2. The smallest absolute Gasteiger partial charge is 0.251 e. The molecule has 2 N–H and O–H groups in total. The summed E-state index contributed by atoms with van der Waals surface area (Å²) in [5, 5.41) is 6.48. The van der Waals surface area contributed by atoms with Crippen molar-refractivity contribution in [2.75, 3.05) is 18.0 Å². The van der Waals surface area contributed by atoms with E-state index in [0.29, 0.717) is 18.0 Å². The maximum Gasteiger partial charge on any atom is 0.251 e. The molecule has 118 valence electrons. The van der Waals surface area contributed by atoms with Gasteiger partial charge in [0.25, 0.3) is 5.91 Å². The van der Waals surface area contributed by atoms with Gasteiger partial charge in [0.05, 0.1) is 0 Å². The van der Waals surface area contributed by atoms with Crippen LogP contribution in [0.15, 0.2) is 24.3 Å². The number of anilines is 1. The fourth-order valence-corrected chi connectivity index (χ4v) is 3.21. The van der Waals surface area contributed by atoms with Crippen LogP contribution in [-0.2, 0) is 4.79 Å². The molecule has 2 saturated heterocycles. The zero-order valence-corrected chi connectivity index (χ0v) is 13.0. The SMILES string of the molecule is CC1NCCCC1NC(=O)c1ccc(N2CCCC2=O)cc1. The van der Waals surface area contributed by atoms with Crippen molar-refractivity contribution >= 4 is 17.5 Å². The van der Waals surface area contributed by atoms with Gasteiger partial charge in [0.1, 0.15) is 0 Å². The first-order chi connectivity index (χ1) is 10.6. The van der Waals surface area contributed by atoms with Crippen LogP contribution in [0.1, 0.15) is 43.0 Å². The predicted molar refractivity (Wildman–Crippen MR) is 86.0 cm³/mol. The Labute approximate surface area is 131 Å². The van der Waals surface area contributed by atoms with Crippen LogP contribution >= 0.6 is 0 Å². The summed E-state index contributed by atoms with van der Waals surface area (Å²) in [6, 6.07) is 7.82. The molecular weight excluding hydrogens is 278 g/mol. The highest BCUT2D eigenvalue weighted by Gasteiger charge is 2.24. The summed E-state index contributed by atoms with van der Waals surface area (Å²) < 4.78 is 0. The molecule has 2 heterocycles. The maximum atomic E-state index is 12.3. The zero-order valence-electron chi connectivity index (χ0n) is 13.0. The van der Waals surface area contributed by atoms with Gasteiger partial charge in [0.15, 0.2) is 0 Å². The summed E-state index contributed by atoms with van der Waals surface area (Å²) in [4.78, 5) is 25.9. The summed E-state index contributed by atoms with van der Waals surface area (Å²) in [5.74, 6) is 0.124. The number of hydrogen-bond acceptors (Lipinski definition) is 3. The molecule has 0 saturated carbocycles. The standard InChI is InChI=1S/C17H23N3O2/c1-12-15(4-2-10-18-12)19-17(22)13-6-8-14(9-7-13)20-11-3-5-16(20)21/h6-9,12,15,18H,2-5,10-11H2,1H3,(H,19,22). The van der Waals surface area contributed by atoms with Crippen molar-refractivity contribution in [3.05, 3.63) is 29.8 Å². The Bertz CT molecular complexity index is 556. The third kappa shape index (κ3) is 3.14. The molecule has 2 unspecified atom stereocenters. The van der Waals surface area contributed by atoms with E-state index < -0.39 is 0 Å². The van der Waals surface area contributed by atoms with Gasteiger partial charge in [-0.25, -0.2) is 0 Å². The van der Waals surface area contributed by atoms with Crippen LogP contribution in [0.5, 0.6) is 0 Å². The molecule has 22 heavy (non-hydrogen) atoms. The summed E-state index contributed by atoms with van der Waals surface area (Å²) in [5.41, 5.74) is 1.53. The highest BCUT2D eigenvalue weighted by atomic mass is 16.2. The van der Waals surface area contributed by atoms with Crippen LogP contribution in [-0.4, -0.2) is 37.0 Å². The minimum absolute atomic E-state index is 0.0418. The van der Waals surface area contributed by atoms with Crippen LogP contribution in [0.4, 0.5) is 5.69 Å². The van der Waals surface area contributed by atoms with Gasteiger partial charge in [-0.15, -0.1) is 0 Å². The Morgan fingerprint density at radius 3 is 2.68 bits per heavy atom. The normalized spacial score (nSPS) is 25.3. The number of carbonyl (C=O) groups is 2. The predicted octanol–water partition coefficient (Wildman–Crippen LogP) is 1.68. The van der Waals surface area contributed by atoms with Crippen molar-refractivity contribution in [3.8, 4) is 0 Å². The molecule has 1 aromatic carbocycles. The molecule has 0 radical (unpaired) electrons. The molecule has 2 aliphatic rings. The van der Waals surface area contributed by atoms with E-state index >= 15 is 0 Å². The fourth-order valence-electron chi connectivity index (χ4n) is 3.21. The van der Waals surface area contributed by atoms with Gasteiger partial charge in [-0.3, -0.25) is 9.59 Å². The number of nitrogens with one attached hydrogen (secondary N) is 2. The largest absolute Gasteiger partial charge is 0.348 e. The molecule has 5 heteroatoms. The molecule has 2 atom stereocenters. The van der Waals surface area contributed by atoms with E-state index in [2.05, 4.69) is 17.6 Å². The molecule has 2 amide bonds. The van der Waals surface area contributed by atoms with Crippen LogP contribution in [0.25, 0.3) is 0 Å². The molecule has 0 spiro atoms. The molecule has 5 nitrogen and oxygen atoms in total. The van der Waals surface area contributed by atoms with E-state index in [1.54, 1.807) is 17.0 Å². The minimum atomic E-state index is -0.0418. The number of hydrogen-bond donors (Lipinski definition) is 2. The molecular formula is C17H23N3O2. The maximum absolute atomic E-state index is 12.3. The quantitative estimate of drug-likeness (QED) is 0.893. The first-order valence-corrected chi connectivity index (χ1v) is 8.10. The molecule has 0 aromatic heterocycles. The second-order valence-electron chi connectivity index (χ2n) is 6.16. The number of amides is 2. The van der Waals surface area contributed by atoms with E-state index in [4.69, 9.17) is 0 Å². The summed E-state index contributed by atoms with van der Waals surface area (Å²) in [6.07, 6.45) is 3.63. The Balaban J connectivity index is 1.64. The lowest BCUT2D eigenvalue weighted by atomic mass is 9.99. The summed E-state index contributed by atoms with van der Waals surface area (Å²) in [7, 11) is 0. The van der Waals surface area contributed by atoms with Gasteiger partial charge in [-0.2, -0.15) is 0 Å². The van der Waals surface area contributed by atoms with Gasteiger partial charge in [0, 0.05) is 36.3 Å². The third-order valence-corrected chi connectivity index (χ3v) is 4.59. The Hall–Kier alpha value is -1.88. The molecule has 3 rings (SSSR count). The van der Waals surface area contributed by atoms with Gasteiger partial charge >= 0.3 is 0 Å². The highest BCUT2D eigenvalue weighted by molar-refractivity contribution is 5.97. The molecule has 1 aromatic rings. The van der Waals surface area contributed by atoms with E-state index in [0.717, 1.165) is 38.0 Å². The Morgan fingerprint density at radius 2 is 2.05 bits per heavy atom. The molecule has 0 aliphatic carbocycles. The van der Waals surface area contributed by atoms with Gasteiger partial charge < -0.3 is 15.5 Å².